The number of nitrogens with zero attached hydrogens (tertiary/aromatic N) is 6. The highest BCUT2D eigenvalue weighted by Gasteiger charge is 2.15. The number of halogens is 1. The van der Waals surface area contributed by atoms with Crippen LogP contribution in [0.25, 0.3) is 33.8 Å². The summed E-state index contributed by atoms with van der Waals surface area (Å²) in [7, 11) is 0. The largest absolute Gasteiger partial charge is 0.265 e. The number of hydrogen-bond acceptors (Lipinski definition) is 4. The predicted octanol–water partition coefficient (Wildman–Crippen LogP) is 3.58. The Morgan fingerprint density at radius 3 is 2.62 bits per heavy atom. The van der Waals surface area contributed by atoms with E-state index in [-0.39, 0.29) is 5.82 Å². The van der Waals surface area contributed by atoms with E-state index in [0.29, 0.717) is 22.7 Å². The number of benzene rings is 2. The molecule has 0 aliphatic heterocycles. The van der Waals surface area contributed by atoms with E-state index < -0.39 is 0 Å². The van der Waals surface area contributed by atoms with Gasteiger partial charge in [0.25, 0.3) is 0 Å². The van der Waals surface area contributed by atoms with E-state index in [2.05, 4.69) is 20.3 Å². The maximum absolute atomic E-state index is 13.5. The molecule has 0 spiro atoms. The van der Waals surface area contributed by atoms with Gasteiger partial charge in [-0.3, -0.25) is 4.40 Å². The summed E-state index contributed by atoms with van der Waals surface area (Å²) in [5.74, 6) is 0.220. The number of aryl methyl sites for hydroxylation is 1. The summed E-state index contributed by atoms with van der Waals surface area (Å²) in [4.78, 5) is 4.54. The molecule has 0 aliphatic rings. The van der Waals surface area contributed by atoms with Crippen molar-refractivity contribution >= 4 is 16.7 Å². The molecule has 5 rings (SSSR count). The summed E-state index contributed by atoms with van der Waals surface area (Å²) in [6, 6.07) is 14.3. The second-order valence-corrected chi connectivity index (χ2v) is 6.10. The Balaban J connectivity index is 1.71. The van der Waals surface area contributed by atoms with Crippen LogP contribution in [0, 0.1) is 12.7 Å². The standard InChI is InChI=1S/C19H13FN6/c1-12-5-7-15(8-6-12)26-18-16(10-22-26)19-24-23-17(25(19)11-21-18)13-3-2-4-14(20)9-13/h2-11H,1H3. The molecule has 3 aromatic heterocycles. The highest BCUT2D eigenvalue weighted by molar-refractivity contribution is 5.90. The van der Waals surface area contributed by atoms with Crippen molar-refractivity contribution in [2.45, 2.75) is 6.92 Å². The van der Waals surface area contributed by atoms with Crippen molar-refractivity contribution in [3.05, 3.63) is 72.4 Å². The van der Waals surface area contributed by atoms with E-state index in [1.54, 1.807) is 33.7 Å². The van der Waals surface area contributed by atoms with Crippen LogP contribution in [-0.4, -0.2) is 29.4 Å². The fourth-order valence-electron chi connectivity index (χ4n) is 3.02. The topological polar surface area (TPSA) is 60.9 Å². The van der Waals surface area contributed by atoms with E-state index >= 15 is 0 Å². The van der Waals surface area contributed by atoms with Crippen molar-refractivity contribution in [2.75, 3.05) is 0 Å². The van der Waals surface area contributed by atoms with Gasteiger partial charge >= 0.3 is 0 Å². The molecule has 126 valence electrons. The molecule has 0 fully saturated rings. The minimum Gasteiger partial charge on any atom is -0.265 e. The van der Waals surface area contributed by atoms with Crippen LogP contribution in [0.3, 0.4) is 0 Å². The normalized spacial score (nSPS) is 11.5. The zero-order valence-corrected chi connectivity index (χ0v) is 13.8. The first kappa shape index (κ1) is 14.7. The average molecular weight is 344 g/mol. The number of rotatable bonds is 2. The van der Waals surface area contributed by atoms with E-state index in [4.69, 9.17) is 0 Å². The minimum atomic E-state index is -0.319. The molecule has 26 heavy (non-hydrogen) atoms. The second kappa shape index (κ2) is 5.45. The molecule has 0 aliphatic carbocycles. The third kappa shape index (κ3) is 2.17. The molecule has 3 heterocycles. The van der Waals surface area contributed by atoms with Crippen LogP contribution in [0.1, 0.15) is 5.56 Å². The van der Waals surface area contributed by atoms with Gasteiger partial charge in [-0.15, -0.1) is 10.2 Å². The van der Waals surface area contributed by atoms with Gasteiger partial charge in [0, 0.05) is 5.56 Å². The molecule has 2 aromatic carbocycles. The molecule has 6 nitrogen and oxygen atoms in total. The fourth-order valence-corrected chi connectivity index (χ4v) is 3.02. The first-order chi connectivity index (χ1) is 12.7. The molecule has 7 heteroatoms. The van der Waals surface area contributed by atoms with Crippen LogP contribution in [-0.2, 0) is 0 Å². The van der Waals surface area contributed by atoms with Crippen molar-refractivity contribution in [1.82, 2.24) is 29.4 Å². The van der Waals surface area contributed by atoms with Crippen molar-refractivity contribution in [2.24, 2.45) is 0 Å². The highest BCUT2D eigenvalue weighted by atomic mass is 19.1. The second-order valence-electron chi connectivity index (χ2n) is 6.10. The lowest BCUT2D eigenvalue weighted by Gasteiger charge is -2.04. The van der Waals surface area contributed by atoms with E-state index in [1.165, 1.54) is 17.7 Å². The molecule has 0 saturated carbocycles. The van der Waals surface area contributed by atoms with Gasteiger partial charge in [0.2, 0.25) is 0 Å². The lowest BCUT2D eigenvalue weighted by Crippen LogP contribution is -1.99. The van der Waals surface area contributed by atoms with Crippen LogP contribution < -0.4 is 0 Å². The van der Waals surface area contributed by atoms with Crippen molar-refractivity contribution in [1.29, 1.82) is 0 Å². The molecule has 5 aromatic rings. The van der Waals surface area contributed by atoms with Crippen molar-refractivity contribution < 1.29 is 4.39 Å². The molecule has 0 atom stereocenters. The SMILES string of the molecule is Cc1ccc(-n2ncc3c2ncn2c(-c4cccc(F)c4)nnc32)cc1. The van der Waals surface area contributed by atoms with Gasteiger partial charge < -0.3 is 0 Å². The summed E-state index contributed by atoms with van der Waals surface area (Å²) in [6.07, 6.45) is 3.37. The molecular weight excluding hydrogens is 331 g/mol. The van der Waals surface area contributed by atoms with Crippen LogP contribution in [0.2, 0.25) is 0 Å². The lowest BCUT2D eigenvalue weighted by molar-refractivity contribution is 0.628. The number of hydrogen-bond donors (Lipinski definition) is 0. The third-order valence-electron chi connectivity index (χ3n) is 4.34. The maximum Gasteiger partial charge on any atom is 0.175 e. The Labute approximate surface area is 147 Å². The summed E-state index contributed by atoms with van der Waals surface area (Å²) >= 11 is 0. The van der Waals surface area contributed by atoms with Gasteiger partial charge in [-0.05, 0) is 31.2 Å². The quantitative estimate of drug-likeness (QED) is 0.491. The monoisotopic (exact) mass is 344 g/mol. The van der Waals surface area contributed by atoms with Gasteiger partial charge in [-0.25, -0.2) is 14.1 Å². The van der Waals surface area contributed by atoms with Gasteiger partial charge in [0.05, 0.1) is 17.3 Å². The molecule has 0 radical (unpaired) electrons. The predicted molar refractivity (Wildman–Crippen MR) is 95.5 cm³/mol. The number of fused-ring (bicyclic) bond motifs is 3. The van der Waals surface area contributed by atoms with Crippen molar-refractivity contribution in [3.8, 4) is 17.1 Å². The van der Waals surface area contributed by atoms with Crippen LogP contribution in [0.5, 0.6) is 0 Å². The van der Waals surface area contributed by atoms with Crippen LogP contribution in [0.4, 0.5) is 4.39 Å². The molecular formula is C19H13FN6. The van der Waals surface area contributed by atoms with Gasteiger partial charge in [0.1, 0.15) is 12.1 Å². The average Bonchev–Trinajstić information content (AvgIpc) is 3.26. The van der Waals surface area contributed by atoms with Gasteiger partial charge in [0.15, 0.2) is 17.1 Å². The van der Waals surface area contributed by atoms with Crippen molar-refractivity contribution in [3.63, 3.8) is 0 Å². The summed E-state index contributed by atoms with van der Waals surface area (Å²) in [5, 5.41) is 13.7. The summed E-state index contributed by atoms with van der Waals surface area (Å²) in [6.45, 7) is 2.04. The van der Waals surface area contributed by atoms with Crippen LogP contribution >= 0.6 is 0 Å². The third-order valence-corrected chi connectivity index (χ3v) is 4.34. The lowest BCUT2D eigenvalue weighted by atomic mass is 10.2. The Bertz CT molecular complexity index is 1250. The fraction of sp³-hybridized carbons (Fsp3) is 0.0526. The van der Waals surface area contributed by atoms with Crippen LogP contribution in [0.15, 0.2) is 61.1 Å². The van der Waals surface area contributed by atoms with E-state index in [9.17, 15) is 4.39 Å². The summed E-state index contributed by atoms with van der Waals surface area (Å²) in [5.41, 5.74) is 4.07. The molecule has 0 unspecified atom stereocenters. The van der Waals surface area contributed by atoms with Gasteiger partial charge in [-0.2, -0.15) is 5.10 Å². The Morgan fingerprint density at radius 2 is 1.81 bits per heavy atom. The Kier molecular flexibility index (Phi) is 3.08. The Morgan fingerprint density at radius 1 is 0.962 bits per heavy atom. The summed E-state index contributed by atoms with van der Waals surface area (Å²) < 4.78 is 17.1. The molecule has 0 saturated heterocycles. The molecule has 0 N–H and O–H groups in total. The van der Waals surface area contributed by atoms with E-state index in [0.717, 1.165) is 11.1 Å². The molecule has 0 amide bonds. The van der Waals surface area contributed by atoms with E-state index in [1.807, 2.05) is 31.2 Å². The molecule has 0 bridgehead atoms. The maximum atomic E-state index is 13.5. The smallest absolute Gasteiger partial charge is 0.175 e. The first-order valence-electron chi connectivity index (χ1n) is 8.11. The first-order valence-corrected chi connectivity index (χ1v) is 8.11. The van der Waals surface area contributed by atoms with Gasteiger partial charge in [-0.1, -0.05) is 29.8 Å². The number of aromatic nitrogens is 6. The Hall–Kier alpha value is -3.61. The zero-order chi connectivity index (χ0) is 17.7. The highest BCUT2D eigenvalue weighted by Crippen LogP contribution is 2.24. The minimum absolute atomic E-state index is 0.319. The zero-order valence-electron chi connectivity index (χ0n) is 13.8.